The molecule has 28 nitrogen and oxygen atoms in total. The number of aromatic nitrogens is 8. The number of ether oxygens (including phenoxy) is 2. The maximum atomic E-state index is 14.7. The third kappa shape index (κ3) is 26.4. The van der Waals surface area contributed by atoms with Crippen LogP contribution in [0.15, 0.2) is 219 Å². The quantitative estimate of drug-likeness (QED) is 0.0248. The van der Waals surface area contributed by atoms with Crippen molar-refractivity contribution in [2.45, 2.75) is 134 Å². The Morgan fingerprint density at radius 2 is 0.737 bits per heavy atom. The van der Waals surface area contributed by atoms with Crippen LogP contribution >= 0.6 is 0 Å². The predicted octanol–water partition coefficient (Wildman–Crippen LogP) is 13.4. The summed E-state index contributed by atoms with van der Waals surface area (Å²) in [5.41, 5.74) is 52.4. The van der Waals surface area contributed by atoms with Crippen molar-refractivity contribution in [3.05, 3.63) is 299 Å². The van der Waals surface area contributed by atoms with Crippen LogP contribution in [-0.4, -0.2) is 214 Å². The lowest BCUT2D eigenvalue weighted by Gasteiger charge is -2.33. The molecule has 6 aliphatic heterocycles. The zero-order chi connectivity index (χ0) is 95.9. The molecule has 4 aromatic carbocycles. The Hall–Kier alpha value is -13.5. The number of pyridine rings is 8. The first-order chi connectivity index (χ1) is 66.5. The highest BCUT2D eigenvalue weighted by Gasteiger charge is 2.30. The summed E-state index contributed by atoms with van der Waals surface area (Å²) in [4.78, 5) is 114. The van der Waals surface area contributed by atoms with E-state index in [1.54, 1.807) is 67.8 Å². The van der Waals surface area contributed by atoms with Crippen molar-refractivity contribution in [2.75, 3.05) is 136 Å². The number of amides is 1. The number of ketones is 4. The van der Waals surface area contributed by atoms with Gasteiger partial charge in [-0.05, 0) is 173 Å². The summed E-state index contributed by atoms with van der Waals surface area (Å²) < 4.78 is 54.7. The fraction of sp³-hybridized carbons (Fsp3) is 0.349. The summed E-state index contributed by atoms with van der Waals surface area (Å²) in [6.45, 7) is 18.8. The molecule has 6 fully saturated rings. The molecule has 0 unspecified atom stereocenters. The molecule has 0 bridgehead atoms. The summed E-state index contributed by atoms with van der Waals surface area (Å²) in [7, 11) is 0. The van der Waals surface area contributed by atoms with Crippen molar-refractivity contribution >= 4 is 63.2 Å². The largest absolute Gasteiger partial charge is 0.397 e. The number of piperidine rings is 4. The fourth-order valence-electron chi connectivity index (χ4n) is 18.2. The lowest BCUT2D eigenvalue weighted by atomic mass is 10.0. The van der Waals surface area contributed by atoms with E-state index in [0.29, 0.717) is 40.6 Å². The zero-order valence-corrected chi connectivity index (χ0v) is 77.6. The molecule has 1 amide bonds. The van der Waals surface area contributed by atoms with Crippen LogP contribution in [-0.2, 0) is 48.2 Å². The van der Waals surface area contributed by atoms with E-state index >= 15 is 0 Å². The van der Waals surface area contributed by atoms with Crippen molar-refractivity contribution in [1.29, 1.82) is 0 Å². The van der Waals surface area contributed by atoms with Gasteiger partial charge in [0.05, 0.1) is 60.6 Å². The lowest BCUT2D eigenvalue weighted by molar-refractivity contribution is 0.0341. The number of hydrogen-bond donors (Lipinski definition) is 7. The smallest absolute Gasteiger partial charge is 0.251 e. The minimum atomic E-state index is -0.803. The van der Waals surface area contributed by atoms with Crippen LogP contribution < -0.4 is 59.3 Å². The number of nitrogens with one attached hydrogen (secondary N) is 1. The van der Waals surface area contributed by atoms with E-state index in [4.69, 9.17) is 48.9 Å². The molecule has 12 aromatic rings. The number of Topliss-reactive ketones (excluding diaryl/α,β-unsaturated/α-hetero) is 4. The molecule has 137 heavy (non-hydrogen) atoms. The summed E-state index contributed by atoms with van der Waals surface area (Å²) in [6.07, 6.45) is 22.0. The number of morpholine rings is 2. The fourth-order valence-corrected chi connectivity index (χ4v) is 18.2. The van der Waals surface area contributed by atoms with Gasteiger partial charge < -0.3 is 68.8 Å². The Balaban J connectivity index is 0.000000139. The van der Waals surface area contributed by atoms with Gasteiger partial charge in [-0.3, -0.25) is 53.7 Å². The minimum absolute atomic E-state index is 0.00447. The van der Waals surface area contributed by atoms with Gasteiger partial charge in [0.2, 0.25) is 0 Å². The SMILES string of the molecule is CC(C)NC(=O)c1ccc(F)c(-c2ccc(F)c(C(=O)Cc3cnccc3N3CCC[C@H](N)C3)n2)c1.N[C@H]1CCCN(c2ccncc2CC(=O)c2nc(-c3ccccc3)ccc2F)C1.Nc1ccc(-c2ccc(CN3CCOCC3)cc2)nc1C(=O)Cc1cnccc1N1CCC[C@H](N)C1.Nc1ccc(-c2cccc(CN3CCOCC3)c2)nc1C(=O)Cc1cnccc1N1CCC[C@H](N)C1. The molecular formula is C106H120F3N21O7. The summed E-state index contributed by atoms with van der Waals surface area (Å²) in [5, 5.41) is 2.74. The van der Waals surface area contributed by atoms with Crippen LogP contribution in [0.3, 0.4) is 0 Å². The molecule has 0 spiro atoms. The van der Waals surface area contributed by atoms with Gasteiger partial charge in [-0.2, -0.15) is 0 Å². The molecule has 0 aliphatic carbocycles. The Kier molecular flexibility index (Phi) is 33.9. The normalized spacial score (nSPS) is 17.5. The van der Waals surface area contributed by atoms with Gasteiger partial charge in [0.15, 0.2) is 34.8 Å². The third-order valence-electron chi connectivity index (χ3n) is 25.2. The maximum Gasteiger partial charge on any atom is 0.251 e. The lowest BCUT2D eigenvalue weighted by Crippen LogP contribution is -2.43. The second-order valence-electron chi connectivity index (χ2n) is 36.0. The first-order valence-electron chi connectivity index (χ1n) is 47.2. The number of carbonyl (C=O) groups is 5. The number of carbonyl (C=O) groups excluding carboxylic acids is 5. The summed E-state index contributed by atoms with van der Waals surface area (Å²) in [5.74, 6) is -3.57. The number of rotatable bonds is 26. The summed E-state index contributed by atoms with van der Waals surface area (Å²) >= 11 is 0. The van der Waals surface area contributed by atoms with Gasteiger partial charge in [0.25, 0.3) is 5.91 Å². The molecule has 712 valence electrons. The van der Waals surface area contributed by atoms with Crippen LogP contribution in [0.25, 0.3) is 45.0 Å². The monoisotopic (exact) mass is 1860 g/mol. The van der Waals surface area contributed by atoms with Crippen molar-refractivity contribution in [1.82, 2.24) is 55.0 Å². The molecular weight excluding hydrogens is 1740 g/mol. The topological polar surface area (TPSA) is 395 Å². The highest BCUT2D eigenvalue weighted by molar-refractivity contribution is 6.03. The Bertz CT molecular complexity index is 6170. The van der Waals surface area contributed by atoms with E-state index < -0.39 is 28.9 Å². The van der Waals surface area contributed by atoms with Crippen molar-refractivity contribution in [3.63, 3.8) is 0 Å². The standard InChI is InChI=1S/2C28H34N6O2.C27H29F2N5O2.C23H23FN4O/c29-23-5-2-10-34(19-23)26-8-9-31-17-22(26)16-27(35)28-24(30)6-7-25(32-28)21-4-1-3-20(15-21)18-33-11-13-36-14-12-33;29-23-2-1-11-34(19-23)26-9-10-31-17-22(26)16-27(35)28-24(30)7-8-25(32-28)21-5-3-20(4-6-21)18-33-12-14-36-15-13-33;1-16(2)32-27(36)17-5-6-21(28)20(12-17)23-8-7-22(29)26(33-23)25(35)13-18-14-31-10-9-24(18)34-11-3-4-19(30)15-34;24-19-8-9-20(16-5-2-1-3-6-16)27-23(19)22(29)13-17-14-26-11-10-21(17)28-12-4-7-18(25)15-28/h1,3-4,6-9,15,17,23H,2,5,10-14,16,18-19,29-30H2;3-10,17,23H,1-2,11-16,18-19,29-30H2;5-10,12,14,16,19H,3-4,11,13,15,30H2,1-2H3,(H,32,36);1-3,5-6,8-11,14,18H,4,7,12-13,15,25H2/t2*23-;19-;18-/m0000/s1. The summed E-state index contributed by atoms with van der Waals surface area (Å²) in [6, 6.07) is 50.5. The van der Waals surface area contributed by atoms with E-state index in [0.717, 1.165) is 243 Å². The van der Waals surface area contributed by atoms with Crippen molar-refractivity contribution in [2.24, 2.45) is 22.9 Å². The van der Waals surface area contributed by atoms with Gasteiger partial charge in [-0.25, -0.2) is 33.1 Å². The molecule has 0 radical (unpaired) electrons. The number of anilines is 6. The second kappa shape index (κ2) is 47.3. The van der Waals surface area contributed by atoms with E-state index in [2.05, 4.69) is 106 Å². The highest BCUT2D eigenvalue weighted by Crippen LogP contribution is 2.34. The van der Waals surface area contributed by atoms with Crippen LogP contribution in [0, 0.1) is 17.5 Å². The maximum absolute atomic E-state index is 14.7. The van der Waals surface area contributed by atoms with Crippen molar-refractivity contribution < 1.29 is 46.6 Å². The molecule has 14 heterocycles. The van der Waals surface area contributed by atoms with Gasteiger partial charge >= 0.3 is 0 Å². The number of nitrogens with two attached hydrogens (primary N) is 6. The van der Waals surface area contributed by atoms with Gasteiger partial charge in [-0.15, -0.1) is 0 Å². The molecule has 31 heteroatoms. The predicted molar refractivity (Wildman–Crippen MR) is 529 cm³/mol. The van der Waals surface area contributed by atoms with E-state index in [-0.39, 0.29) is 102 Å². The molecule has 8 aromatic heterocycles. The number of nitrogens with zero attached hydrogens (tertiary/aromatic N) is 14. The van der Waals surface area contributed by atoms with Crippen LogP contribution in [0.4, 0.5) is 47.3 Å². The molecule has 4 atom stereocenters. The van der Waals surface area contributed by atoms with E-state index in [1.165, 1.54) is 35.4 Å². The van der Waals surface area contributed by atoms with Crippen molar-refractivity contribution in [3.8, 4) is 45.0 Å². The minimum Gasteiger partial charge on any atom is -0.397 e. The van der Waals surface area contributed by atoms with Gasteiger partial charge in [0, 0.05) is 270 Å². The third-order valence-corrected chi connectivity index (χ3v) is 25.2. The van der Waals surface area contributed by atoms with E-state index in [1.807, 2.05) is 92.7 Å². The number of halogens is 3. The van der Waals surface area contributed by atoms with Crippen LogP contribution in [0.5, 0.6) is 0 Å². The molecule has 13 N–H and O–H groups in total. The average Bonchev–Trinajstić information content (AvgIpc) is 0.793. The number of hydrogen-bond acceptors (Lipinski definition) is 27. The second-order valence-corrected chi connectivity index (χ2v) is 36.0. The molecule has 0 saturated carbocycles. The van der Waals surface area contributed by atoms with Gasteiger partial charge in [0.1, 0.15) is 28.6 Å². The molecule has 18 rings (SSSR count). The Morgan fingerprint density at radius 1 is 0.380 bits per heavy atom. The molecule has 6 saturated heterocycles. The Labute approximate surface area is 797 Å². The Morgan fingerprint density at radius 3 is 1.15 bits per heavy atom. The average molecular weight is 1860 g/mol. The molecule has 6 aliphatic rings. The highest BCUT2D eigenvalue weighted by atomic mass is 19.1. The number of benzene rings is 4. The first kappa shape index (κ1) is 98.0. The first-order valence-corrected chi connectivity index (χ1v) is 47.2. The van der Waals surface area contributed by atoms with Crippen LogP contribution in [0.1, 0.15) is 151 Å². The van der Waals surface area contributed by atoms with E-state index in [9.17, 15) is 37.1 Å². The zero-order valence-electron chi connectivity index (χ0n) is 77.6. The number of nitrogen functional groups attached to an aromatic ring is 2. The van der Waals surface area contributed by atoms with Gasteiger partial charge in [-0.1, -0.05) is 72.8 Å². The van der Waals surface area contributed by atoms with Crippen LogP contribution in [0.2, 0.25) is 0 Å².